The molecule has 0 aliphatic rings. The first kappa shape index (κ1) is 28.9. The van der Waals surface area contributed by atoms with Crippen LogP contribution < -0.4 is 16.0 Å². The molecule has 3 aromatic carbocycles. The first-order valence-electron chi connectivity index (χ1n) is 11.9. The van der Waals surface area contributed by atoms with Gasteiger partial charge >= 0.3 is 6.09 Å². The summed E-state index contributed by atoms with van der Waals surface area (Å²) in [5, 5.41) is 8.45. The molecule has 10 heteroatoms. The zero-order valence-electron chi connectivity index (χ0n) is 20.4. The maximum absolute atomic E-state index is 12.9. The summed E-state index contributed by atoms with van der Waals surface area (Å²) in [6.07, 6.45) is 0.0174. The molecule has 0 spiro atoms. The third kappa shape index (κ3) is 9.64. The number of carbonyl (C=O) groups is 4. The van der Waals surface area contributed by atoms with Crippen LogP contribution in [0.25, 0.3) is 0 Å². The van der Waals surface area contributed by atoms with Crippen LogP contribution in [0.4, 0.5) is 4.79 Å². The second kappa shape index (κ2) is 14.9. The molecule has 0 aliphatic heterocycles. The molecule has 0 saturated carbocycles. The number of amides is 3. The number of nitrogens with one attached hydrogen (secondary N) is 3. The van der Waals surface area contributed by atoms with E-state index in [-0.39, 0.29) is 31.9 Å². The molecule has 0 saturated heterocycles. The molecule has 0 heterocycles. The van der Waals surface area contributed by atoms with Crippen molar-refractivity contribution >= 4 is 51.2 Å². The number of halogens is 2. The maximum atomic E-state index is 12.9. The second-order valence-electron chi connectivity index (χ2n) is 8.32. The van der Waals surface area contributed by atoms with Gasteiger partial charge in [-0.2, -0.15) is 0 Å². The van der Waals surface area contributed by atoms with Crippen LogP contribution in [0.5, 0.6) is 0 Å². The first-order chi connectivity index (χ1) is 18.3. The molecular formula is C28H27BrClN3O5. The summed E-state index contributed by atoms with van der Waals surface area (Å²) < 4.78 is 5.90. The van der Waals surface area contributed by atoms with Gasteiger partial charge in [-0.3, -0.25) is 14.4 Å². The lowest BCUT2D eigenvalue weighted by atomic mass is 10.1. The van der Waals surface area contributed by atoms with E-state index in [2.05, 4.69) is 31.9 Å². The Morgan fingerprint density at radius 1 is 0.868 bits per heavy atom. The number of alkyl carbamates (subject to hydrolysis) is 1. The van der Waals surface area contributed by atoms with E-state index >= 15 is 0 Å². The Hall–Kier alpha value is -3.69. The minimum absolute atomic E-state index is 0.141. The van der Waals surface area contributed by atoms with E-state index in [0.717, 1.165) is 10.0 Å². The fourth-order valence-electron chi connectivity index (χ4n) is 3.44. The molecule has 1 unspecified atom stereocenters. The summed E-state index contributed by atoms with van der Waals surface area (Å²) in [5.74, 6) is -1.25. The van der Waals surface area contributed by atoms with Crippen molar-refractivity contribution in [2.24, 2.45) is 0 Å². The molecule has 38 heavy (non-hydrogen) atoms. The number of ether oxygens (including phenoxy) is 1. The van der Waals surface area contributed by atoms with Gasteiger partial charge in [-0.15, -0.1) is 0 Å². The van der Waals surface area contributed by atoms with Crippen molar-refractivity contribution in [2.75, 3.05) is 13.1 Å². The van der Waals surface area contributed by atoms with E-state index in [9.17, 15) is 19.2 Å². The van der Waals surface area contributed by atoms with Gasteiger partial charge in [-0.05, 0) is 60.9 Å². The van der Waals surface area contributed by atoms with Crippen LogP contribution in [-0.2, 0) is 16.1 Å². The Labute approximate surface area is 234 Å². The van der Waals surface area contributed by atoms with Crippen LogP contribution in [0.3, 0.4) is 0 Å². The zero-order chi connectivity index (χ0) is 27.3. The molecule has 3 aromatic rings. The zero-order valence-corrected chi connectivity index (χ0v) is 22.8. The Balaban J connectivity index is 1.53. The topological polar surface area (TPSA) is 114 Å². The van der Waals surface area contributed by atoms with Crippen LogP contribution in [0.15, 0.2) is 83.3 Å². The van der Waals surface area contributed by atoms with E-state index in [0.29, 0.717) is 22.6 Å². The highest BCUT2D eigenvalue weighted by atomic mass is 79.9. The highest BCUT2D eigenvalue weighted by Crippen LogP contribution is 2.13. The van der Waals surface area contributed by atoms with Gasteiger partial charge in [0.05, 0.1) is 6.54 Å². The van der Waals surface area contributed by atoms with Crippen molar-refractivity contribution in [2.45, 2.75) is 25.5 Å². The average Bonchev–Trinajstić information content (AvgIpc) is 2.92. The minimum atomic E-state index is -0.929. The summed E-state index contributed by atoms with van der Waals surface area (Å²) in [6, 6.07) is 21.5. The Morgan fingerprint density at radius 2 is 1.61 bits per heavy atom. The summed E-state index contributed by atoms with van der Waals surface area (Å²) in [5.41, 5.74) is 1.64. The van der Waals surface area contributed by atoms with Crippen LogP contribution >= 0.6 is 27.5 Å². The van der Waals surface area contributed by atoms with Crippen molar-refractivity contribution in [3.8, 4) is 0 Å². The number of hydrogen-bond donors (Lipinski definition) is 3. The molecule has 0 radical (unpaired) electrons. The van der Waals surface area contributed by atoms with Gasteiger partial charge in [0.1, 0.15) is 12.6 Å². The number of ketones is 1. The average molecular weight is 601 g/mol. The number of carbonyl (C=O) groups excluding carboxylic acids is 4. The van der Waals surface area contributed by atoms with E-state index in [4.69, 9.17) is 16.3 Å². The summed E-state index contributed by atoms with van der Waals surface area (Å²) in [7, 11) is 0. The minimum Gasteiger partial charge on any atom is -0.445 e. The van der Waals surface area contributed by atoms with E-state index in [1.54, 1.807) is 48.5 Å². The van der Waals surface area contributed by atoms with Gasteiger partial charge in [0, 0.05) is 27.2 Å². The smallest absolute Gasteiger partial charge is 0.407 e. The molecule has 0 bridgehead atoms. The highest BCUT2D eigenvalue weighted by Gasteiger charge is 2.22. The molecule has 0 fully saturated rings. The van der Waals surface area contributed by atoms with Crippen LogP contribution in [-0.4, -0.2) is 42.8 Å². The Kier molecular flexibility index (Phi) is 11.3. The molecule has 3 amide bonds. The second-order valence-corrected chi connectivity index (χ2v) is 9.67. The highest BCUT2D eigenvalue weighted by molar-refractivity contribution is 9.10. The Bertz CT molecular complexity index is 1250. The van der Waals surface area contributed by atoms with Crippen molar-refractivity contribution in [3.05, 3.63) is 105 Å². The molecule has 0 aromatic heterocycles. The molecule has 1 atom stereocenters. The number of hydrogen-bond acceptors (Lipinski definition) is 5. The predicted molar refractivity (Wildman–Crippen MR) is 148 cm³/mol. The lowest BCUT2D eigenvalue weighted by Gasteiger charge is -2.19. The SMILES string of the molecule is O=C(NCCCC(NC(=O)c1cccc(Br)c1)C(=O)NCC(=O)c1ccc(Cl)cc1)OCc1ccccc1. The largest absolute Gasteiger partial charge is 0.445 e. The molecule has 8 nitrogen and oxygen atoms in total. The van der Waals surface area contributed by atoms with Gasteiger partial charge in [-0.25, -0.2) is 4.79 Å². The van der Waals surface area contributed by atoms with Crippen molar-refractivity contribution < 1.29 is 23.9 Å². The number of Topliss-reactive ketones (excluding diaryl/α,β-unsaturated/α-hetero) is 1. The predicted octanol–water partition coefficient (Wildman–Crippen LogP) is 4.91. The van der Waals surface area contributed by atoms with Crippen LogP contribution in [0.1, 0.15) is 39.1 Å². The monoisotopic (exact) mass is 599 g/mol. The molecule has 198 valence electrons. The van der Waals surface area contributed by atoms with Crippen molar-refractivity contribution in [1.29, 1.82) is 0 Å². The molecular weight excluding hydrogens is 574 g/mol. The third-order valence-electron chi connectivity index (χ3n) is 5.45. The van der Waals surface area contributed by atoms with Crippen molar-refractivity contribution in [3.63, 3.8) is 0 Å². The van der Waals surface area contributed by atoms with Crippen LogP contribution in [0, 0.1) is 0 Å². The third-order valence-corrected chi connectivity index (χ3v) is 6.19. The molecule has 0 aliphatic carbocycles. The molecule has 3 rings (SSSR count). The Morgan fingerprint density at radius 3 is 2.32 bits per heavy atom. The lowest BCUT2D eigenvalue weighted by molar-refractivity contribution is -0.123. The van der Waals surface area contributed by atoms with E-state index in [1.165, 1.54) is 0 Å². The molecule has 3 N–H and O–H groups in total. The maximum Gasteiger partial charge on any atom is 0.407 e. The van der Waals surface area contributed by atoms with Crippen LogP contribution in [0.2, 0.25) is 5.02 Å². The normalized spacial score (nSPS) is 11.2. The number of rotatable bonds is 12. The fourth-order valence-corrected chi connectivity index (χ4v) is 3.96. The van der Waals surface area contributed by atoms with Gasteiger partial charge < -0.3 is 20.7 Å². The van der Waals surface area contributed by atoms with Gasteiger partial charge in [0.2, 0.25) is 5.91 Å². The van der Waals surface area contributed by atoms with E-state index in [1.807, 2.05) is 30.3 Å². The van der Waals surface area contributed by atoms with Crippen molar-refractivity contribution in [1.82, 2.24) is 16.0 Å². The van der Waals surface area contributed by atoms with Gasteiger partial charge in [0.25, 0.3) is 5.91 Å². The quantitative estimate of drug-likeness (QED) is 0.202. The first-order valence-corrected chi connectivity index (χ1v) is 13.1. The van der Waals surface area contributed by atoms with Gasteiger partial charge in [-0.1, -0.05) is 63.9 Å². The summed E-state index contributed by atoms with van der Waals surface area (Å²) in [4.78, 5) is 50.2. The summed E-state index contributed by atoms with van der Waals surface area (Å²) >= 11 is 9.19. The summed E-state index contributed by atoms with van der Waals surface area (Å²) in [6.45, 7) is 0.129. The lowest BCUT2D eigenvalue weighted by Crippen LogP contribution is -2.48. The fraction of sp³-hybridized carbons (Fsp3) is 0.214. The number of benzene rings is 3. The van der Waals surface area contributed by atoms with E-state index < -0.39 is 23.9 Å². The standard InChI is InChI=1S/C28H27BrClN3O5/c29-22-9-4-8-21(16-22)26(35)33-24(27(36)32-17-25(34)20-11-13-23(30)14-12-20)10-5-15-31-28(37)38-18-19-6-2-1-3-7-19/h1-4,6-9,11-14,16,24H,5,10,15,17-18H2,(H,31,37)(H,32,36)(H,33,35). The van der Waals surface area contributed by atoms with Gasteiger partial charge in [0.15, 0.2) is 5.78 Å².